The van der Waals surface area contributed by atoms with Gasteiger partial charge in [-0.3, -0.25) is 4.68 Å². The molecule has 0 unspecified atom stereocenters. The van der Waals surface area contributed by atoms with E-state index in [0.29, 0.717) is 0 Å². The van der Waals surface area contributed by atoms with E-state index in [0.717, 1.165) is 18.7 Å². The molecule has 1 heterocycles. The highest BCUT2D eigenvalue weighted by Gasteiger charge is 2.04. The van der Waals surface area contributed by atoms with Gasteiger partial charge in [-0.15, -0.1) is 0 Å². The summed E-state index contributed by atoms with van der Waals surface area (Å²) >= 11 is 0. The largest absolute Gasteiger partial charge is 0.496 e. The van der Waals surface area contributed by atoms with Gasteiger partial charge >= 0.3 is 0 Å². The summed E-state index contributed by atoms with van der Waals surface area (Å²) in [5, 5.41) is 4.20. The van der Waals surface area contributed by atoms with Crippen LogP contribution in [-0.2, 0) is 13.0 Å². The van der Waals surface area contributed by atoms with Crippen molar-refractivity contribution in [1.82, 2.24) is 9.78 Å². The summed E-state index contributed by atoms with van der Waals surface area (Å²) in [5.41, 5.74) is 2.49. The highest BCUT2D eigenvalue weighted by atomic mass is 16.5. The number of aryl methyl sites for hydroxylation is 1. The van der Waals surface area contributed by atoms with Gasteiger partial charge in [0.25, 0.3) is 0 Å². The molecule has 3 nitrogen and oxygen atoms in total. The molecule has 2 rings (SSSR count). The Morgan fingerprint density at radius 1 is 1.38 bits per heavy atom. The lowest BCUT2D eigenvalue weighted by Crippen LogP contribution is -2.02. The van der Waals surface area contributed by atoms with Crippen LogP contribution in [0.2, 0.25) is 0 Å². The average molecular weight is 216 g/mol. The first-order valence-corrected chi connectivity index (χ1v) is 5.46. The Morgan fingerprint density at radius 2 is 2.25 bits per heavy atom. The summed E-state index contributed by atoms with van der Waals surface area (Å²) in [4.78, 5) is 0. The Kier molecular flexibility index (Phi) is 3.25. The lowest BCUT2D eigenvalue weighted by atomic mass is 10.1. The predicted octanol–water partition coefficient (Wildman–Crippen LogP) is 2.50. The number of hydrogen-bond acceptors (Lipinski definition) is 2. The van der Waals surface area contributed by atoms with Crippen molar-refractivity contribution >= 4 is 0 Å². The summed E-state index contributed by atoms with van der Waals surface area (Å²) in [6.45, 7) is 2.91. The van der Waals surface area contributed by atoms with Crippen LogP contribution in [0.3, 0.4) is 0 Å². The lowest BCUT2D eigenvalue weighted by Gasteiger charge is -2.10. The van der Waals surface area contributed by atoms with Gasteiger partial charge in [-0.05, 0) is 24.1 Å². The van der Waals surface area contributed by atoms with E-state index in [1.807, 2.05) is 23.0 Å². The second kappa shape index (κ2) is 4.84. The van der Waals surface area contributed by atoms with Crippen molar-refractivity contribution in [2.24, 2.45) is 0 Å². The molecule has 0 spiro atoms. The molecule has 84 valence electrons. The summed E-state index contributed by atoms with van der Waals surface area (Å²) in [7, 11) is 1.70. The third kappa shape index (κ3) is 2.24. The SMILES string of the molecule is CCc1ccc(OC)c(Cn2cccn2)c1. The van der Waals surface area contributed by atoms with Crippen LogP contribution in [-0.4, -0.2) is 16.9 Å². The summed E-state index contributed by atoms with van der Waals surface area (Å²) < 4.78 is 7.25. The summed E-state index contributed by atoms with van der Waals surface area (Å²) in [5.74, 6) is 0.924. The molecule has 0 N–H and O–H groups in total. The van der Waals surface area contributed by atoms with Crippen molar-refractivity contribution in [3.8, 4) is 5.75 Å². The molecule has 2 aromatic rings. The number of methoxy groups -OCH3 is 1. The third-order valence-corrected chi connectivity index (χ3v) is 2.64. The average Bonchev–Trinajstić information content (AvgIpc) is 2.82. The fourth-order valence-corrected chi connectivity index (χ4v) is 1.74. The van der Waals surface area contributed by atoms with E-state index in [9.17, 15) is 0 Å². The molecule has 0 aliphatic rings. The van der Waals surface area contributed by atoms with Crippen molar-refractivity contribution in [3.63, 3.8) is 0 Å². The molecule has 0 aliphatic heterocycles. The fourth-order valence-electron chi connectivity index (χ4n) is 1.74. The number of benzene rings is 1. The van der Waals surface area contributed by atoms with Gasteiger partial charge in [-0.2, -0.15) is 5.10 Å². The van der Waals surface area contributed by atoms with Crippen LogP contribution in [0.25, 0.3) is 0 Å². The maximum atomic E-state index is 5.35. The molecular formula is C13H16N2O. The van der Waals surface area contributed by atoms with Gasteiger partial charge in [0.05, 0.1) is 13.7 Å². The number of aromatic nitrogens is 2. The molecule has 0 amide bonds. The van der Waals surface area contributed by atoms with Crippen LogP contribution in [0.1, 0.15) is 18.1 Å². The van der Waals surface area contributed by atoms with Crippen molar-refractivity contribution in [2.45, 2.75) is 19.9 Å². The van der Waals surface area contributed by atoms with E-state index in [1.165, 1.54) is 11.1 Å². The zero-order valence-electron chi connectivity index (χ0n) is 9.68. The Balaban J connectivity index is 2.30. The van der Waals surface area contributed by atoms with Gasteiger partial charge in [0, 0.05) is 18.0 Å². The first kappa shape index (κ1) is 10.7. The monoisotopic (exact) mass is 216 g/mol. The molecular weight excluding hydrogens is 200 g/mol. The Labute approximate surface area is 95.7 Å². The van der Waals surface area contributed by atoms with Crippen LogP contribution in [0.15, 0.2) is 36.7 Å². The van der Waals surface area contributed by atoms with Gasteiger partial charge in [-0.1, -0.05) is 19.1 Å². The molecule has 3 heteroatoms. The molecule has 0 fully saturated rings. The highest BCUT2D eigenvalue weighted by molar-refractivity contribution is 5.37. The van der Waals surface area contributed by atoms with Crippen molar-refractivity contribution < 1.29 is 4.74 Å². The van der Waals surface area contributed by atoms with Gasteiger partial charge in [0.1, 0.15) is 5.75 Å². The second-order valence-corrected chi connectivity index (χ2v) is 3.70. The van der Waals surface area contributed by atoms with E-state index in [2.05, 4.69) is 24.2 Å². The zero-order chi connectivity index (χ0) is 11.4. The molecule has 0 atom stereocenters. The topological polar surface area (TPSA) is 27.1 Å². The maximum Gasteiger partial charge on any atom is 0.123 e. The van der Waals surface area contributed by atoms with E-state index in [-0.39, 0.29) is 0 Å². The molecule has 0 bridgehead atoms. The van der Waals surface area contributed by atoms with E-state index < -0.39 is 0 Å². The maximum absolute atomic E-state index is 5.35. The van der Waals surface area contributed by atoms with Crippen molar-refractivity contribution in [3.05, 3.63) is 47.8 Å². The van der Waals surface area contributed by atoms with Gasteiger partial charge < -0.3 is 4.74 Å². The Morgan fingerprint density at radius 3 is 2.88 bits per heavy atom. The van der Waals surface area contributed by atoms with Crippen LogP contribution in [0.4, 0.5) is 0 Å². The van der Waals surface area contributed by atoms with Crippen molar-refractivity contribution in [1.29, 1.82) is 0 Å². The molecule has 0 saturated carbocycles. The molecule has 0 radical (unpaired) electrons. The van der Waals surface area contributed by atoms with Gasteiger partial charge in [0.15, 0.2) is 0 Å². The fraction of sp³-hybridized carbons (Fsp3) is 0.308. The molecule has 0 saturated heterocycles. The van der Waals surface area contributed by atoms with E-state index in [1.54, 1.807) is 13.3 Å². The zero-order valence-corrected chi connectivity index (χ0v) is 9.68. The standard InChI is InChI=1S/C13H16N2O/c1-3-11-5-6-13(16-2)12(9-11)10-15-8-4-7-14-15/h4-9H,3,10H2,1-2H3. The smallest absolute Gasteiger partial charge is 0.123 e. The van der Waals surface area contributed by atoms with Gasteiger partial charge in [-0.25, -0.2) is 0 Å². The Bertz CT molecular complexity index is 449. The minimum absolute atomic E-state index is 0.754. The van der Waals surface area contributed by atoms with Crippen LogP contribution >= 0.6 is 0 Å². The molecule has 16 heavy (non-hydrogen) atoms. The highest BCUT2D eigenvalue weighted by Crippen LogP contribution is 2.21. The molecule has 0 aliphatic carbocycles. The quantitative estimate of drug-likeness (QED) is 0.785. The normalized spacial score (nSPS) is 10.4. The molecule has 1 aromatic heterocycles. The second-order valence-electron chi connectivity index (χ2n) is 3.70. The lowest BCUT2D eigenvalue weighted by molar-refractivity contribution is 0.407. The minimum Gasteiger partial charge on any atom is -0.496 e. The van der Waals surface area contributed by atoms with Crippen LogP contribution < -0.4 is 4.74 Å². The first-order chi connectivity index (χ1) is 7.83. The summed E-state index contributed by atoms with van der Waals surface area (Å²) in [6.07, 6.45) is 4.78. The number of nitrogens with zero attached hydrogens (tertiary/aromatic N) is 2. The third-order valence-electron chi connectivity index (χ3n) is 2.64. The van der Waals surface area contributed by atoms with Crippen LogP contribution in [0.5, 0.6) is 5.75 Å². The van der Waals surface area contributed by atoms with E-state index in [4.69, 9.17) is 4.74 Å². The van der Waals surface area contributed by atoms with Crippen molar-refractivity contribution in [2.75, 3.05) is 7.11 Å². The predicted molar refractivity (Wildman–Crippen MR) is 63.7 cm³/mol. The number of ether oxygens (including phenoxy) is 1. The Hall–Kier alpha value is -1.77. The minimum atomic E-state index is 0.754. The number of hydrogen-bond donors (Lipinski definition) is 0. The summed E-state index contributed by atoms with van der Waals surface area (Å²) in [6, 6.07) is 8.24. The van der Waals surface area contributed by atoms with Crippen LogP contribution in [0, 0.1) is 0 Å². The van der Waals surface area contributed by atoms with E-state index >= 15 is 0 Å². The number of rotatable bonds is 4. The van der Waals surface area contributed by atoms with Gasteiger partial charge in [0.2, 0.25) is 0 Å². The first-order valence-electron chi connectivity index (χ1n) is 5.46. The molecule has 1 aromatic carbocycles.